The molecular formula is C15H11F2NO3. The highest BCUT2D eigenvalue weighted by molar-refractivity contribution is 5.94. The van der Waals surface area contributed by atoms with E-state index in [0.29, 0.717) is 11.5 Å². The second kappa shape index (κ2) is 5.40. The highest BCUT2D eigenvalue weighted by atomic mass is 19.1. The highest BCUT2D eigenvalue weighted by Crippen LogP contribution is 2.31. The second-order valence-electron chi connectivity index (χ2n) is 4.48. The van der Waals surface area contributed by atoms with Gasteiger partial charge in [0, 0.05) is 6.07 Å². The monoisotopic (exact) mass is 291 g/mol. The van der Waals surface area contributed by atoms with Gasteiger partial charge in [-0.2, -0.15) is 0 Å². The Hall–Kier alpha value is -2.63. The Morgan fingerprint density at radius 3 is 2.71 bits per heavy atom. The van der Waals surface area contributed by atoms with Gasteiger partial charge in [0.1, 0.15) is 18.2 Å². The molecule has 0 unspecified atom stereocenters. The molecule has 0 spiro atoms. The van der Waals surface area contributed by atoms with E-state index in [9.17, 15) is 13.6 Å². The first-order valence-corrected chi connectivity index (χ1v) is 6.28. The first kappa shape index (κ1) is 13.4. The molecule has 1 heterocycles. The topological polar surface area (TPSA) is 47.6 Å². The number of amides is 1. The summed E-state index contributed by atoms with van der Waals surface area (Å²) in [7, 11) is 0. The zero-order chi connectivity index (χ0) is 14.8. The molecule has 0 saturated heterocycles. The number of carbonyl (C=O) groups is 1. The Labute approximate surface area is 119 Å². The molecule has 2 aromatic rings. The SMILES string of the molecule is O=C(Nc1cc(F)ccc1F)[C@@H]1COc2ccccc2O1. The van der Waals surface area contributed by atoms with E-state index >= 15 is 0 Å². The van der Waals surface area contributed by atoms with Crippen molar-refractivity contribution < 1.29 is 23.0 Å². The summed E-state index contributed by atoms with van der Waals surface area (Å²) in [6, 6.07) is 9.73. The van der Waals surface area contributed by atoms with Gasteiger partial charge in [-0.05, 0) is 24.3 Å². The smallest absolute Gasteiger partial charge is 0.269 e. The number of anilines is 1. The average Bonchev–Trinajstić information content (AvgIpc) is 2.50. The summed E-state index contributed by atoms with van der Waals surface area (Å²) in [4.78, 5) is 12.0. The lowest BCUT2D eigenvalue weighted by Crippen LogP contribution is -2.40. The number of fused-ring (bicyclic) bond motifs is 1. The molecule has 21 heavy (non-hydrogen) atoms. The molecule has 4 nitrogen and oxygen atoms in total. The third-order valence-electron chi connectivity index (χ3n) is 2.99. The van der Waals surface area contributed by atoms with Crippen molar-refractivity contribution in [1.82, 2.24) is 0 Å². The predicted molar refractivity (Wildman–Crippen MR) is 71.3 cm³/mol. The molecule has 0 radical (unpaired) electrons. The maximum Gasteiger partial charge on any atom is 0.269 e. The lowest BCUT2D eigenvalue weighted by atomic mass is 10.2. The number of halogens is 2. The molecule has 1 aliphatic heterocycles. The van der Waals surface area contributed by atoms with Crippen molar-refractivity contribution in [2.75, 3.05) is 11.9 Å². The summed E-state index contributed by atoms with van der Waals surface area (Å²) in [6.07, 6.45) is -0.928. The molecule has 108 valence electrons. The van der Waals surface area contributed by atoms with Crippen LogP contribution in [0, 0.1) is 11.6 Å². The molecule has 1 aliphatic rings. The van der Waals surface area contributed by atoms with E-state index in [1.807, 2.05) is 0 Å². The van der Waals surface area contributed by atoms with E-state index in [4.69, 9.17) is 9.47 Å². The van der Waals surface area contributed by atoms with Crippen LogP contribution in [-0.2, 0) is 4.79 Å². The van der Waals surface area contributed by atoms with Crippen LogP contribution in [0.15, 0.2) is 42.5 Å². The number of ether oxygens (including phenoxy) is 2. The van der Waals surface area contributed by atoms with Crippen LogP contribution < -0.4 is 14.8 Å². The molecule has 0 bridgehead atoms. The van der Waals surface area contributed by atoms with Crippen molar-refractivity contribution in [2.24, 2.45) is 0 Å². The molecule has 0 aromatic heterocycles. The molecule has 1 atom stereocenters. The summed E-state index contributed by atoms with van der Waals surface area (Å²) in [6.45, 7) is -0.000217. The molecule has 2 aromatic carbocycles. The summed E-state index contributed by atoms with van der Waals surface area (Å²) in [5.41, 5.74) is -0.234. The van der Waals surface area contributed by atoms with Gasteiger partial charge in [0.15, 0.2) is 11.5 Å². The fourth-order valence-corrected chi connectivity index (χ4v) is 1.96. The lowest BCUT2D eigenvalue weighted by molar-refractivity contribution is -0.125. The highest BCUT2D eigenvalue weighted by Gasteiger charge is 2.27. The summed E-state index contributed by atoms with van der Waals surface area (Å²) < 4.78 is 37.4. The Kier molecular flexibility index (Phi) is 3.43. The van der Waals surface area contributed by atoms with Gasteiger partial charge in [-0.3, -0.25) is 4.79 Å². The van der Waals surface area contributed by atoms with E-state index in [2.05, 4.69) is 5.32 Å². The van der Waals surface area contributed by atoms with Crippen LogP contribution in [0.1, 0.15) is 0 Å². The molecule has 0 fully saturated rings. The van der Waals surface area contributed by atoms with Crippen LogP contribution in [-0.4, -0.2) is 18.6 Å². The maximum absolute atomic E-state index is 13.5. The minimum absolute atomic E-state index is 0.000217. The quantitative estimate of drug-likeness (QED) is 0.925. The number of nitrogens with one attached hydrogen (secondary N) is 1. The van der Waals surface area contributed by atoms with Crippen molar-refractivity contribution >= 4 is 11.6 Å². The molecule has 3 rings (SSSR count). The minimum atomic E-state index is -0.928. The van der Waals surface area contributed by atoms with Gasteiger partial charge in [0.05, 0.1) is 5.69 Å². The van der Waals surface area contributed by atoms with Crippen molar-refractivity contribution in [3.05, 3.63) is 54.1 Å². The molecule has 0 aliphatic carbocycles. The maximum atomic E-state index is 13.5. The number of para-hydroxylation sites is 2. The number of rotatable bonds is 2. The Morgan fingerprint density at radius 1 is 1.14 bits per heavy atom. The summed E-state index contributed by atoms with van der Waals surface area (Å²) >= 11 is 0. The fourth-order valence-electron chi connectivity index (χ4n) is 1.96. The number of benzene rings is 2. The van der Waals surface area contributed by atoms with Gasteiger partial charge in [-0.1, -0.05) is 12.1 Å². The zero-order valence-electron chi connectivity index (χ0n) is 10.8. The predicted octanol–water partition coefficient (Wildman–Crippen LogP) is 2.74. The van der Waals surface area contributed by atoms with E-state index in [1.165, 1.54) is 0 Å². The van der Waals surface area contributed by atoms with Crippen molar-refractivity contribution in [3.8, 4) is 11.5 Å². The molecular weight excluding hydrogens is 280 g/mol. The van der Waals surface area contributed by atoms with Crippen LogP contribution in [0.4, 0.5) is 14.5 Å². The Bertz CT molecular complexity index is 690. The zero-order valence-corrected chi connectivity index (χ0v) is 10.8. The van der Waals surface area contributed by atoms with Crippen LogP contribution in [0.2, 0.25) is 0 Å². The third-order valence-corrected chi connectivity index (χ3v) is 2.99. The van der Waals surface area contributed by atoms with E-state index < -0.39 is 23.6 Å². The van der Waals surface area contributed by atoms with Gasteiger partial charge in [0.25, 0.3) is 5.91 Å². The number of carbonyl (C=O) groups excluding carboxylic acids is 1. The van der Waals surface area contributed by atoms with E-state index in [-0.39, 0.29) is 12.3 Å². The Balaban J connectivity index is 1.74. The number of hydrogen-bond donors (Lipinski definition) is 1. The van der Waals surface area contributed by atoms with Crippen LogP contribution in [0.3, 0.4) is 0 Å². The van der Waals surface area contributed by atoms with Crippen molar-refractivity contribution in [3.63, 3.8) is 0 Å². The summed E-state index contributed by atoms with van der Waals surface area (Å²) in [5.74, 6) is -0.990. The third kappa shape index (κ3) is 2.79. The van der Waals surface area contributed by atoms with Crippen molar-refractivity contribution in [2.45, 2.75) is 6.10 Å². The molecule has 6 heteroatoms. The van der Waals surface area contributed by atoms with E-state index in [1.54, 1.807) is 24.3 Å². The minimum Gasteiger partial charge on any atom is -0.485 e. The largest absolute Gasteiger partial charge is 0.485 e. The summed E-state index contributed by atoms with van der Waals surface area (Å²) in [5, 5.41) is 2.29. The van der Waals surface area contributed by atoms with E-state index in [0.717, 1.165) is 18.2 Å². The normalized spacial score (nSPS) is 16.4. The molecule has 0 saturated carbocycles. The van der Waals surface area contributed by atoms with Gasteiger partial charge in [0.2, 0.25) is 6.10 Å². The fraction of sp³-hybridized carbons (Fsp3) is 0.133. The Morgan fingerprint density at radius 2 is 1.90 bits per heavy atom. The lowest BCUT2D eigenvalue weighted by Gasteiger charge is -2.25. The first-order valence-electron chi connectivity index (χ1n) is 6.28. The van der Waals surface area contributed by atoms with Gasteiger partial charge >= 0.3 is 0 Å². The van der Waals surface area contributed by atoms with Crippen LogP contribution >= 0.6 is 0 Å². The van der Waals surface area contributed by atoms with Gasteiger partial charge in [-0.15, -0.1) is 0 Å². The van der Waals surface area contributed by atoms with Gasteiger partial charge < -0.3 is 14.8 Å². The molecule has 1 N–H and O–H groups in total. The van der Waals surface area contributed by atoms with Crippen LogP contribution in [0.25, 0.3) is 0 Å². The van der Waals surface area contributed by atoms with Gasteiger partial charge in [-0.25, -0.2) is 8.78 Å². The average molecular weight is 291 g/mol. The van der Waals surface area contributed by atoms with Crippen molar-refractivity contribution in [1.29, 1.82) is 0 Å². The standard InChI is InChI=1S/C15H11F2NO3/c16-9-5-6-10(17)11(7-9)18-15(19)14-8-20-12-3-1-2-4-13(12)21-14/h1-7,14H,8H2,(H,18,19)/t14-/m0/s1. The second-order valence-corrected chi connectivity index (χ2v) is 4.48. The number of hydrogen-bond acceptors (Lipinski definition) is 3. The van der Waals surface area contributed by atoms with Crippen LogP contribution in [0.5, 0.6) is 11.5 Å². The first-order chi connectivity index (χ1) is 10.1. The molecule has 1 amide bonds.